The second-order valence-corrected chi connectivity index (χ2v) is 7.80. The standard InChI is InChI=1S/C19H31N3O4/c1-13-6-7-16(26-13)15(22-8-10-25-11-9-22)12-20-17(23)14(2)21-18(24)19(3,4)5/h6-7,14-15H,8-12H2,1-5H3,(H,20,23)(H,21,24). The van der Waals surface area contributed by atoms with Crippen LogP contribution in [0.15, 0.2) is 16.5 Å². The maximum Gasteiger partial charge on any atom is 0.242 e. The first-order valence-electron chi connectivity index (χ1n) is 9.15. The van der Waals surface area contributed by atoms with E-state index >= 15 is 0 Å². The average Bonchev–Trinajstić information content (AvgIpc) is 3.01. The van der Waals surface area contributed by atoms with E-state index in [0.717, 1.165) is 24.6 Å². The highest BCUT2D eigenvalue weighted by Gasteiger charge is 2.28. The number of hydrogen-bond acceptors (Lipinski definition) is 5. The van der Waals surface area contributed by atoms with Crippen LogP contribution in [-0.4, -0.2) is 55.6 Å². The van der Waals surface area contributed by atoms with Gasteiger partial charge >= 0.3 is 0 Å². The third-order valence-corrected chi connectivity index (χ3v) is 4.47. The van der Waals surface area contributed by atoms with E-state index in [4.69, 9.17) is 9.15 Å². The lowest BCUT2D eigenvalue weighted by Crippen LogP contribution is -2.50. The summed E-state index contributed by atoms with van der Waals surface area (Å²) in [5.41, 5.74) is -0.531. The Hall–Kier alpha value is -1.86. The van der Waals surface area contributed by atoms with Crippen LogP contribution in [0.4, 0.5) is 0 Å². The Balaban J connectivity index is 1.97. The van der Waals surface area contributed by atoms with Gasteiger partial charge in [-0.2, -0.15) is 0 Å². The fourth-order valence-corrected chi connectivity index (χ4v) is 2.76. The number of carbonyl (C=O) groups excluding carboxylic acids is 2. The number of nitrogens with one attached hydrogen (secondary N) is 2. The van der Waals surface area contributed by atoms with Crippen LogP contribution in [0.1, 0.15) is 45.3 Å². The summed E-state index contributed by atoms with van der Waals surface area (Å²) in [7, 11) is 0. The van der Waals surface area contributed by atoms with Crippen molar-refractivity contribution in [2.75, 3.05) is 32.8 Å². The number of amides is 2. The Kier molecular flexibility index (Phi) is 6.83. The minimum absolute atomic E-state index is 0.0536. The van der Waals surface area contributed by atoms with E-state index in [9.17, 15) is 9.59 Å². The molecule has 2 amide bonds. The maximum absolute atomic E-state index is 12.4. The van der Waals surface area contributed by atoms with Gasteiger partial charge in [0.25, 0.3) is 0 Å². The van der Waals surface area contributed by atoms with Crippen LogP contribution in [-0.2, 0) is 14.3 Å². The zero-order valence-corrected chi connectivity index (χ0v) is 16.4. The Bertz CT molecular complexity index is 615. The van der Waals surface area contributed by atoms with E-state index in [1.807, 2.05) is 39.8 Å². The summed E-state index contributed by atoms with van der Waals surface area (Å²) in [6, 6.07) is 3.23. The minimum Gasteiger partial charge on any atom is -0.465 e. The highest BCUT2D eigenvalue weighted by atomic mass is 16.5. The van der Waals surface area contributed by atoms with Gasteiger partial charge in [-0.3, -0.25) is 14.5 Å². The lowest BCUT2D eigenvalue weighted by molar-refractivity contribution is -0.133. The van der Waals surface area contributed by atoms with Crippen LogP contribution < -0.4 is 10.6 Å². The number of morpholine rings is 1. The van der Waals surface area contributed by atoms with E-state index in [1.54, 1.807) is 6.92 Å². The van der Waals surface area contributed by atoms with Gasteiger partial charge in [0, 0.05) is 25.0 Å². The summed E-state index contributed by atoms with van der Waals surface area (Å²) in [5, 5.41) is 5.71. The summed E-state index contributed by atoms with van der Waals surface area (Å²) in [5.74, 6) is 1.32. The Morgan fingerprint density at radius 1 is 1.23 bits per heavy atom. The molecule has 2 N–H and O–H groups in total. The fraction of sp³-hybridized carbons (Fsp3) is 0.684. The number of aryl methyl sites for hydroxylation is 1. The number of ether oxygens (including phenoxy) is 1. The van der Waals surface area contributed by atoms with Crippen molar-refractivity contribution < 1.29 is 18.7 Å². The SMILES string of the molecule is Cc1ccc(C(CNC(=O)C(C)NC(=O)C(C)(C)C)N2CCOCC2)o1. The second kappa shape index (κ2) is 8.68. The van der Waals surface area contributed by atoms with Crippen LogP contribution >= 0.6 is 0 Å². The molecule has 1 aromatic heterocycles. The highest BCUT2D eigenvalue weighted by molar-refractivity contribution is 5.89. The molecule has 1 fully saturated rings. The van der Waals surface area contributed by atoms with E-state index in [2.05, 4.69) is 15.5 Å². The number of hydrogen-bond donors (Lipinski definition) is 2. The molecule has 26 heavy (non-hydrogen) atoms. The molecule has 0 aromatic carbocycles. The molecular weight excluding hydrogens is 334 g/mol. The lowest BCUT2D eigenvalue weighted by atomic mass is 9.95. The third kappa shape index (κ3) is 5.57. The first kappa shape index (κ1) is 20.5. The Morgan fingerprint density at radius 3 is 2.42 bits per heavy atom. The van der Waals surface area contributed by atoms with Gasteiger partial charge in [0.1, 0.15) is 17.6 Å². The van der Waals surface area contributed by atoms with Gasteiger partial charge in [-0.1, -0.05) is 20.8 Å². The zero-order chi connectivity index (χ0) is 19.3. The van der Waals surface area contributed by atoms with Crippen molar-refractivity contribution >= 4 is 11.8 Å². The van der Waals surface area contributed by atoms with Gasteiger partial charge in [-0.25, -0.2) is 0 Å². The smallest absolute Gasteiger partial charge is 0.242 e. The molecule has 0 spiro atoms. The number of furan rings is 1. The van der Waals surface area contributed by atoms with Crippen LogP contribution in [0, 0.1) is 12.3 Å². The molecule has 0 bridgehead atoms. The molecule has 1 aliphatic rings. The Labute approximate surface area is 155 Å². The quantitative estimate of drug-likeness (QED) is 0.800. The predicted octanol–water partition coefficient (Wildman–Crippen LogP) is 1.63. The molecule has 0 saturated carbocycles. The lowest BCUT2D eigenvalue weighted by Gasteiger charge is -2.33. The molecule has 2 rings (SSSR count). The topological polar surface area (TPSA) is 83.8 Å². The van der Waals surface area contributed by atoms with Gasteiger partial charge < -0.3 is 19.8 Å². The predicted molar refractivity (Wildman–Crippen MR) is 98.6 cm³/mol. The normalized spacial score (nSPS) is 18.2. The monoisotopic (exact) mass is 365 g/mol. The molecule has 2 atom stereocenters. The van der Waals surface area contributed by atoms with Crippen molar-refractivity contribution in [1.82, 2.24) is 15.5 Å². The minimum atomic E-state index is -0.592. The third-order valence-electron chi connectivity index (χ3n) is 4.47. The first-order chi connectivity index (χ1) is 12.2. The molecule has 2 heterocycles. The molecule has 2 unspecified atom stereocenters. The Morgan fingerprint density at radius 2 is 1.88 bits per heavy atom. The summed E-state index contributed by atoms with van der Waals surface area (Å²) in [6.45, 7) is 12.4. The molecule has 0 radical (unpaired) electrons. The highest BCUT2D eigenvalue weighted by Crippen LogP contribution is 2.23. The summed E-state index contributed by atoms with van der Waals surface area (Å²) in [4.78, 5) is 26.7. The molecule has 0 aliphatic carbocycles. The summed E-state index contributed by atoms with van der Waals surface area (Å²) in [6.07, 6.45) is 0. The molecule has 7 heteroatoms. The molecule has 1 saturated heterocycles. The van der Waals surface area contributed by atoms with Crippen LogP contribution in [0.2, 0.25) is 0 Å². The van der Waals surface area contributed by atoms with Crippen molar-refractivity contribution in [2.45, 2.75) is 46.7 Å². The maximum atomic E-state index is 12.4. The van der Waals surface area contributed by atoms with Gasteiger partial charge in [0.15, 0.2) is 0 Å². The first-order valence-corrected chi connectivity index (χ1v) is 9.15. The number of carbonyl (C=O) groups is 2. The molecule has 1 aliphatic heterocycles. The van der Waals surface area contributed by atoms with Gasteiger partial charge in [-0.15, -0.1) is 0 Å². The van der Waals surface area contributed by atoms with E-state index in [0.29, 0.717) is 19.8 Å². The zero-order valence-electron chi connectivity index (χ0n) is 16.4. The molecule has 7 nitrogen and oxygen atoms in total. The van der Waals surface area contributed by atoms with Crippen molar-refractivity contribution in [3.8, 4) is 0 Å². The van der Waals surface area contributed by atoms with Crippen molar-refractivity contribution in [3.05, 3.63) is 23.7 Å². The van der Waals surface area contributed by atoms with Crippen molar-refractivity contribution in [1.29, 1.82) is 0 Å². The van der Waals surface area contributed by atoms with Crippen LogP contribution in [0.3, 0.4) is 0 Å². The van der Waals surface area contributed by atoms with E-state index in [-0.39, 0.29) is 17.9 Å². The van der Waals surface area contributed by atoms with Gasteiger partial charge in [0.2, 0.25) is 11.8 Å². The molecule has 146 valence electrons. The van der Waals surface area contributed by atoms with Crippen LogP contribution in [0.25, 0.3) is 0 Å². The van der Waals surface area contributed by atoms with Crippen molar-refractivity contribution in [3.63, 3.8) is 0 Å². The largest absolute Gasteiger partial charge is 0.465 e. The number of nitrogens with zero attached hydrogens (tertiary/aromatic N) is 1. The summed E-state index contributed by atoms with van der Waals surface area (Å²) < 4.78 is 11.2. The fourth-order valence-electron chi connectivity index (χ4n) is 2.76. The van der Waals surface area contributed by atoms with Crippen LogP contribution in [0.5, 0.6) is 0 Å². The van der Waals surface area contributed by atoms with E-state index in [1.165, 1.54) is 0 Å². The molecular formula is C19H31N3O4. The molecule has 1 aromatic rings. The van der Waals surface area contributed by atoms with Gasteiger partial charge in [0.05, 0.1) is 19.3 Å². The van der Waals surface area contributed by atoms with Crippen molar-refractivity contribution in [2.24, 2.45) is 5.41 Å². The van der Waals surface area contributed by atoms with E-state index < -0.39 is 11.5 Å². The second-order valence-electron chi connectivity index (χ2n) is 7.80. The van der Waals surface area contributed by atoms with Gasteiger partial charge in [-0.05, 0) is 26.0 Å². The number of rotatable bonds is 6. The summed E-state index contributed by atoms with van der Waals surface area (Å²) >= 11 is 0. The average molecular weight is 365 g/mol.